The van der Waals surface area contributed by atoms with E-state index in [1.54, 1.807) is 6.33 Å². The molecule has 4 rings (SSSR count). The molecule has 1 aliphatic heterocycles. The Balaban J connectivity index is 1.33. The first-order valence-corrected chi connectivity index (χ1v) is 8.88. The molecule has 0 spiro atoms. The normalized spacial score (nSPS) is 15.8. The van der Waals surface area contributed by atoms with Gasteiger partial charge in [-0.15, -0.1) is 10.2 Å². The number of benzene rings is 1. The second kappa shape index (κ2) is 6.70. The number of fused-ring (bicyclic) bond motifs is 1. The number of amides is 1. The van der Waals surface area contributed by atoms with Gasteiger partial charge in [-0.25, -0.2) is 0 Å². The summed E-state index contributed by atoms with van der Waals surface area (Å²) >= 11 is 0. The Labute approximate surface area is 147 Å². The molecule has 0 unspecified atom stereocenters. The van der Waals surface area contributed by atoms with Crippen molar-refractivity contribution in [3.8, 4) is 0 Å². The number of hydrogen-bond acceptors (Lipinski definition) is 3. The monoisotopic (exact) mass is 337 g/mol. The van der Waals surface area contributed by atoms with Gasteiger partial charge >= 0.3 is 0 Å². The summed E-state index contributed by atoms with van der Waals surface area (Å²) in [5, 5.41) is 9.40. The van der Waals surface area contributed by atoms with Crippen molar-refractivity contribution in [2.24, 2.45) is 7.05 Å². The number of hydrogen-bond donors (Lipinski definition) is 0. The van der Waals surface area contributed by atoms with Gasteiger partial charge in [-0.2, -0.15) is 0 Å². The highest BCUT2D eigenvalue weighted by molar-refractivity contribution is 5.80. The van der Waals surface area contributed by atoms with E-state index >= 15 is 0 Å². The minimum atomic E-state index is 0.245. The predicted molar refractivity (Wildman–Crippen MR) is 96.1 cm³/mol. The number of aryl methyl sites for hydroxylation is 2. The topological polar surface area (TPSA) is 56.0 Å². The van der Waals surface area contributed by atoms with Crippen molar-refractivity contribution in [1.82, 2.24) is 24.2 Å². The van der Waals surface area contributed by atoms with Gasteiger partial charge in [-0.3, -0.25) is 4.79 Å². The number of carbonyl (C=O) groups excluding carboxylic acids is 1. The largest absolute Gasteiger partial charge is 0.347 e. The highest BCUT2D eigenvalue weighted by Crippen LogP contribution is 2.26. The molecule has 1 amide bonds. The van der Waals surface area contributed by atoms with Gasteiger partial charge in [0.1, 0.15) is 12.2 Å². The van der Waals surface area contributed by atoms with Gasteiger partial charge in [0.15, 0.2) is 0 Å². The SMILES string of the molecule is Cn1cnnc1C1CCN(C(=O)CCn2ccc3ccccc32)CC1. The van der Waals surface area contributed by atoms with Gasteiger partial charge in [-0.05, 0) is 30.4 Å². The van der Waals surface area contributed by atoms with Crippen molar-refractivity contribution < 1.29 is 4.79 Å². The Bertz CT molecular complexity index is 873. The minimum Gasteiger partial charge on any atom is -0.347 e. The Morgan fingerprint density at radius 3 is 2.76 bits per heavy atom. The molecule has 25 heavy (non-hydrogen) atoms. The van der Waals surface area contributed by atoms with Crippen LogP contribution in [-0.4, -0.2) is 43.2 Å². The van der Waals surface area contributed by atoms with E-state index in [0.717, 1.165) is 38.3 Å². The standard InChI is InChI=1S/C19H23N5O/c1-22-14-20-21-19(22)16-7-11-24(12-8-16)18(25)9-13-23-10-6-15-4-2-3-5-17(15)23/h2-6,10,14,16H,7-9,11-13H2,1H3. The van der Waals surface area contributed by atoms with Gasteiger partial charge in [-0.1, -0.05) is 18.2 Å². The second-order valence-electron chi connectivity index (χ2n) is 6.77. The van der Waals surface area contributed by atoms with Gasteiger partial charge < -0.3 is 14.0 Å². The molecule has 0 N–H and O–H groups in total. The molecule has 2 aromatic heterocycles. The van der Waals surface area contributed by atoms with E-state index < -0.39 is 0 Å². The van der Waals surface area contributed by atoms with Crippen LogP contribution in [0, 0.1) is 0 Å². The smallest absolute Gasteiger partial charge is 0.224 e. The van der Waals surface area contributed by atoms with Crippen molar-refractivity contribution >= 4 is 16.8 Å². The Hall–Kier alpha value is -2.63. The molecule has 0 bridgehead atoms. The van der Waals surface area contributed by atoms with Gasteiger partial charge in [0, 0.05) is 50.7 Å². The number of piperidine rings is 1. The first-order chi connectivity index (χ1) is 12.2. The molecule has 1 aliphatic rings. The third-order valence-electron chi connectivity index (χ3n) is 5.21. The maximum atomic E-state index is 12.6. The van der Waals surface area contributed by atoms with Gasteiger partial charge in [0.2, 0.25) is 5.91 Å². The van der Waals surface area contributed by atoms with Crippen molar-refractivity contribution in [3.05, 3.63) is 48.7 Å². The number of carbonyl (C=O) groups is 1. The van der Waals surface area contributed by atoms with Crippen LogP contribution < -0.4 is 0 Å². The fourth-order valence-electron chi connectivity index (χ4n) is 3.76. The van der Waals surface area contributed by atoms with Gasteiger partial charge in [0.25, 0.3) is 0 Å². The summed E-state index contributed by atoms with van der Waals surface area (Å²) in [5.41, 5.74) is 1.19. The van der Waals surface area contributed by atoms with Crippen LogP contribution in [-0.2, 0) is 18.4 Å². The lowest BCUT2D eigenvalue weighted by atomic mass is 9.96. The quantitative estimate of drug-likeness (QED) is 0.735. The molecule has 3 aromatic rings. The maximum Gasteiger partial charge on any atom is 0.224 e. The third-order valence-corrected chi connectivity index (χ3v) is 5.21. The van der Waals surface area contributed by atoms with E-state index in [0.29, 0.717) is 12.3 Å². The molecule has 0 saturated carbocycles. The van der Waals surface area contributed by atoms with Crippen LogP contribution in [0.15, 0.2) is 42.9 Å². The summed E-state index contributed by atoms with van der Waals surface area (Å²) in [7, 11) is 1.98. The molecule has 1 aromatic carbocycles. The van der Waals surface area contributed by atoms with Gasteiger partial charge in [0.05, 0.1) is 0 Å². The summed E-state index contributed by atoms with van der Waals surface area (Å²) < 4.78 is 4.15. The third kappa shape index (κ3) is 3.16. The van der Waals surface area contributed by atoms with E-state index in [4.69, 9.17) is 0 Å². The average molecular weight is 337 g/mol. The summed E-state index contributed by atoms with van der Waals surface area (Å²) in [5.74, 6) is 1.69. The lowest BCUT2D eigenvalue weighted by Crippen LogP contribution is -2.38. The van der Waals surface area contributed by atoms with Crippen LogP contribution in [0.1, 0.15) is 31.0 Å². The summed E-state index contributed by atoms with van der Waals surface area (Å²) in [6.07, 6.45) is 6.29. The van der Waals surface area contributed by atoms with Crippen molar-refractivity contribution in [2.45, 2.75) is 31.7 Å². The number of likely N-dealkylation sites (tertiary alicyclic amines) is 1. The first-order valence-electron chi connectivity index (χ1n) is 8.88. The first kappa shape index (κ1) is 15.9. The summed E-state index contributed by atoms with van der Waals surface area (Å²) in [4.78, 5) is 14.6. The van der Waals surface area contributed by atoms with Crippen LogP contribution >= 0.6 is 0 Å². The molecular weight excluding hydrogens is 314 g/mol. The van der Waals surface area contributed by atoms with Crippen LogP contribution in [0.4, 0.5) is 0 Å². The zero-order chi connectivity index (χ0) is 17.2. The predicted octanol–water partition coefficient (Wildman–Crippen LogP) is 2.57. The van der Waals surface area contributed by atoms with Crippen molar-refractivity contribution in [3.63, 3.8) is 0 Å². The zero-order valence-corrected chi connectivity index (χ0v) is 14.5. The number of para-hydroxylation sites is 1. The lowest BCUT2D eigenvalue weighted by molar-refractivity contribution is -0.132. The molecule has 6 nitrogen and oxygen atoms in total. The Kier molecular flexibility index (Phi) is 4.26. The highest BCUT2D eigenvalue weighted by atomic mass is 16.2. The number of nitrogens with zero attached hydrogens (tertiary/aromatic N) is 5. The molecule has 6 heteroatoms. The van der Waals surface area contributed by atoms with E-state index in [1.165, 1.54) is 10.9 Å². The highest BCUT2D eigenvalue weighted by Gasteiger charge is 2.26. The molecule has 1 saturated heterocycles. The summed E-state index contributed by atoms with van der Waals surface area (Å²) in [6, 6.07) is 10.4. The van der Waals surface area contributed by atoms with Crippen LogP contribution in [0.2, 0.25) is 0 Å². The maximum absolute atomic E-state index is 12.6. The van der Waals surface area contributed by atoms with E-state index in [-0.39, 0.29) is 5.91 Å². The minimum absolute atomic E-state index is 0.245. The van der Waals surface area contributed by atoms with Crippen molar-refractivity contribution in [2.75, 3.05) is 13.1 Å². The van der Waals surface area contributed by atoms with E-state index in [2.05, 4.69) is 39.2 Å². The second-order valence-corrected chi connectivity index (χ2v) is 6.77. The lowest BCUT2D eigenvalue weighted by Gasteiger charge is -2.31. The molecule has 0 aliphatic carbocycles. The van der Waals surface area contributed by atoms with Crippen LogP contribution in [0.3, 0.4) is 0 Å². The van der Waals surface area contributed by atoms with Crippen LogP contribution in [0.25, 0.3) is 10.9 Å². The zero-order valence-electron chi connectivity index (χ0n) is 14.5. The molecule has 0 atom stereocenters. The number of aromatic nitrogens is 4. The molecule has 0 radical (unpaired) electrons. The Morgan fingerprint density at radius 1 is 1.20 bits per heavy atom. The fourth-order valence-corrected chi connectivity index (χ4v) is 3.76. The van der Waals surface area contributed by atoms with Crippen LogP contribution in [0.5, 0.6) is 0 Å². The van der Waals surface area contributed by atoms with Crippen molar-refractivity contribution in [1.29, 1.82) is 0 Å². The fraction of sp³-hybridized carbons (Fsp3) is 0.421. The molecule has 1 fully saturated rings. The van der Waals surface area contributed by atoms with E-state index in [1.807, 2.05) is 28.6 Å². The molecule has 130 valence electrons. The molecule has 3 heterocycles. The van der Waals surface area contributed by atoms with E-state index in [9.17, 15) is 4.79 Å². The summed E-state index contributed by atoms with van der Waals surface area (Å²) in [6.45, 7) is 2.35. The number of rotatable bonds is 4. The average Bonchev–Trinajstić information content (AvgIpc) is 3.26. The Morgan fingerprint density at radius 2 is 2.00 bits per heavy atom. The molecular formula is C19H23N5O.